The minimum Gasteiger partial charge on any atom is -0.384 e. The van der Waals surface area contributed by atoms with Crippen LogP contribution in [-0.2, 0) is 14.1 Å². The van der Waals surface area contributed by atoms with Crippen molar-refractivity contribution in [3.63, 3.8) is 0 Å². The number of nitrogens with two attached hydrogens (primary N) is 1. The molecular formula is C15H24N7+. The zero-order valence-electron chi connectivity index (χ0n) is 13.2. The maximum Gasteiger partial charge on any atom is 0.421 e. The highest BCUT2D eigenvalue weighted by molar-refractivity contribution is 5.50. The second kappa shape index (κ2) is 8.26. The van der Waals surface area contributed by atoms with Crippen LogP contribution in [0.15, 0.2) is 46.9 Å². The number of hydrogen-bond acceptors (Lipinski definition) is 5. The number of nitrogens with one attached hydrogen (secondary N) is 2. The number of hydrogen-bond donors (Lipinski definition) is 3. The van der Waals surface area contributed by atoms with Crippen molar-refractivity contribution in [1.29, 1.82) is 0 Å². The number of rotatable bonds is 8. The molecule has 22 heavy (non-hydrogen) atoms. The highest BCUT2D eigenvalue weighted by Crippen LogP contribution is 2.18. The smallest absolute Gasteiger partial charge is 0.384 e. The molecule has 4 N–H and O–H groups in total. The van der Waals surface area contributed by atoms with Crippen molar-refractivity contribution in [2.45, 2.75) is 0 Å². The van der Waals surface area contributed by atoms with Gasteiger partial charge in [-0.25, -0.2) is 9.13 Å². The Balaban J connectivity index is 1.86. The van der Waals surface area contributed by atoms with Gasteiger partial charge >= 0.3 is 5.95 Å². The summed E-state index contributed by atoms with van der Waals surface area (Å²) >= 11 is 0. The third kappa shape index (κ3) is 4.64. The predicted molar refractivity (Wildman–Crippen MR) is 87.6 cm³/mol. The zero-order chi connectivity index (χ0) is 15.8. The molecule has 7 nitrogen and oxygen atoms in total. The fourth-order valence-electron chi connectivity index (χ4n) is 1.99. The summed E-state index contributed by atoms with van der Waals surface area (Å²) in [5.41, 5.74) is 7.31. The molecular weight excluding hydrogens is 278 g/mol. The molecule has 1 heterocycles. The summed E-state index contributed by atoms with van der Waals surface area (Å²) in [5.74, 6) is 0.799. The summed E-state index contributed by atoms with van der Waals surface area (Å²) in [5, 5.41) is 15.1. The van der Waals surface area contributed by atoms with Gasteiger partial charge in [-0.1, -0.05) is 5.11 Å². The SMILES string of the molecule is Cn1cc[n+](C)c1/N=N/c1ccc(NCCNCCN)cc1. The fraction of sp³-hybridized carbons (Fsp3) is 0.400. The lowest BCUT2D eigenvalue weighted by molar-refractivity contribution is -0.657. The van der Waals surface area contributed by atoms with E-state index in [1.54, 1.807) is 0 Å². The van der Waals surface area contributed by atoms with Gasteiger partial charge in [0.05, 0.1) is 26.5 Å². The monoisotopic (exact) mass is 302 g/mol. The lowest BCUT2D eigenvalue weighted by Crippen LogP contribution is -2.27. The van der Waals surface area contributed by atoms with Gasteiger partial charge in [0.25, 0.3) is 0 Å². The van der Waals surface area contributed by atoms with E-state index in [0.717, 1.165) is 37.0 Å². The molecule has 0 saturated heterocycles. The minimum absolute atomic E-state index is 0.665. The van der Waals surface area contributed by atoms with Gasteiger partial charge in [0.2, 0.25) is 0 Å². The van der Waals surface area contributed by atoms with E-state index >= 15 is 0 Å². The van der Waals surface area contributed by atoms with E-state index in [9.17, 15) is 0 Å². The summed E-state index contributed by atoms with van der Waals surface area (Å²) in [6.07, 6.45) is 3.89. The maximum absolute atomic E-state index is 5.42. The molecule has 0 saturated carbocycles. The third-order valence-electron chi connectivity index (χ3n) is 3.22. The van der Waals surface area contributed by atoms with Crippen LogP contribution in [0.2, 0.25) is 0 Å². The lowest BCUT2D eigenvalue weighted by Gasteiger charge is -2.06. The maximum atomic E-state index is 5.42. The van der Waals surface area contributed by atoms with Crippen LogP contribution in [0.3, 0.4) is 0 Å². The van der Waals surface area contributed by atoms with E-state index in [-0.39, 0.29) is 0 Å². The molecule has 0 radical (unpaired) electrons. The van der Waals surface area contributed by atoms with E-state index in [1.807, 2.05) is 59.9 Å². The van der Waals surface area contributed by atoms with Crippen LogP contribution in [0, 0.1) is 0 Å². The number of azo groups is 1. The normalized spacial score (nSPS) is 11.2. The van der Waals surface area contributed by atoms with Crippen molar-refractivity contribution < 1.29 is 4.57 Å². The third-order valence-corrected chi connectivity index (χ3v) is 3.22. The number of nitrogens with zero attached hydrogens (tertiary/aromatic N) is 4. The Kier molecular flexibility index (Phi) is 6.05. The molecule has 0 fully saturated rings. The van der Waals surface area contributed by atoms with Gasteiger partial charge < -0.3 is 16.4 Å². The van der Waals surface area contributed by atoms with Crippen molar-refractivity contribution in [2.75, 3.05) is 31.5 Å². The Bertz CT molecular complexity index is 581. The summed E-state index contributed by atoms with van der Waals surface area (Å²) < 4.78 is 3.85. The average molecular weight is 302 g/mol. The average Bonchev–Trinajstić information content (AvgIpc) is 2.85. The van der Waals surface area contributed by atoms with E-state index in [2.05, 4.69) is 20.9 Å². The topological polar surface area (TPSA) is 83.6 Å². The Labute approximate surface area is 130 Å². The first-order valence-electron chi connectivity index (χ1n) is 7.38. The number of aryl methyl sites for hydroxylation is 2. The zero-order valence-corrected chi connectivity index (χ0v) is 13.2. The van der Waals surface area contributed by atoms with E-state index < -0.39 is 0 Å². The Morgan fingerprint density at radius 3 is 2.55 bits per heavy atom. The van der Waals surface area contributed by atoms with E-state index in [4.69, 9.17) is 5.73 Å². The van der Waals surface area contributed by atoms with Crippen molar-refractivity contribution in [1.82, 2.24) is 9.88 Å². The predicted octanol–water partition coefficient (Wildman–Crippen LogP) is 1.23. The van der Waals surface area contributed by atoms with Crippen LogP contribution < -0.4 is 20.9 Å². The largest absolute Gasteiger partial charge is 0.421 e. The van der Waals surface area contributed by atoms with Gasteiger partial charge in [0.15, 0.2) is 0 Å². The van der Waals surface area contributed by atoms with Crippen LogP contribution >= 0.6 is 0 Å². The second-order valence-corrected chi connectivity index (χ2v) is 5.03. The van der Waals surface area contributed by atoms with Crippen molar-refractivity contribution in [2.24, 2.45) is 30.1 Å². The Morgan fingerprint density at radius 1 is 1.14 bits per heavy atom. The summed E-state index contributed by atoms with van der Waals surface area (Å²) in [6, 6.07) is 7.90. The Morgan fingerprint density at radius 2 is 1.91 bits per heavy atom. The lowest BCUT2D eigenvalue weighted by atomic mass is 10.3. The standard InChI is InChI=1S/C15H23N7/c1-21-11-12-22(2)15(21)20-19-14-5-3-13(4-6-14)18-10-9-17-8-7-16/h3-6,11-12,17H,7-10,16H2,1-2H3/p+1. The number of aromatic nitrogens is 2. The molecule has 118 valence electrons. The van der Waals surface area contributed by atoms with Crippen LogP contribution in [-0.4, -0.2) is 30.7 Å². The summed E-state index contributed by atoms with van der Waals surface area (Å²) in [6.45, 7) is 3.26. The Hall–Kier alpha value is -2.25. The number of anilines is 1. The fourth-order valence-corrected chi connectivity index (χ4v) is 1.99. The van der Waals surface area contributed by atoms with Crippen molar-refractivity contribution >= 4 is 17.3 Å². The molecule has 0 atom stereocenters. The minimum atomic E-state index is 0.665. The number of benzene rings is 1. The molecule has 0 spiro atoms. The van der Waals surface area contributed by atoms with E-state index in [1.165, 1.54) is 0 Å². The van der Waals surface area contributed by atoms with Crippen LogP contribution in [0.1, 0.15) is 0 Å². The molecule has 0 bridgehead atoms. The summed E-state index contributed by atoms with van der Waals surface area (Å²) in [7, 11) is 3.89. The first-order valence-corrected chi connectivity index (χ1v) is 7.38. The van der Waals surface area contributed by atoms with Crippen molar-refractivity contribution in [3.05, 3.63) is 36.7 Å². The molecule has 0 aliphatic heterocycles. The first kappa shape index (κ1) is 16.1. The molecule has 7 heteroatoms. The van der Waals surface area contributed by atoms with Gasteiger partial charge in [-0.15, -0.1) is 0 Å². The molecule has 0 amide bonds. The van der Waals surface area contributed by atoms with Gasteiger partial charge in [-0.05, 0) is 24.3 Å². The molecule has 0 aliphatic carbocycles. The molecule has 0 unspecified atom stereocenters. The highest BCUT2D eigenvalue weighted by atomic mass is 15.3. The molecule has 2 aromatic rings. The highest BCUT2D eigenvalue weighted by Gasteiger charge is 2.09. The molecule has 1 aromatic carbocycles. The van der Waals surface area contributed by atoms with Gasteiger partial charge in [-0.3, -0.25) is 0 Å². The molecule has 1 aromatic heterocycles. The van der Waals surface area contributed by atoms with Gasteiger partial charge in [-0.2, -0.15) is 0 Å². The molecule has 2 rings (SSSR count). The molecule has 0 aliphatic rings. The van der Waals surface area contributed by atoms with Crippen LogP contribution in [0.5, 0.6) is 0 Å². The van der Waals surface area contributed by atoms with Gasteiger partial charge in [0, 0.05) is 37.0 Å². The van der Waals surface area contributed by atoms with Crippen LogP contribution in [0.4, 0.5) is 17.3 Å². The van der Waals surface area contributed by atoms with E-state index in [0.29, 0.717) is 6.54 Å². The van der Waals surface area contributed by atoms with Gasteiger partial charge in [0.1, 0.15) is 5.69 Å². The second-order valence-electron chi connectivity index (χ2n) is 5.03. The van der Waals surface area contributed by atoms with Crippen LogP contribution in [0.25, 0.3) is 0 Å². The quantitative estimate of drug-likeness (QED) is 0.389. The van der Waals surface area contributed by atoms with Crippen molar-refractivity contribution in [3.8, 4) is 0 Å². The summed E-state index contributed by atoms with van der Waals surface area (Å²) in [4.78, 5) is 0. The first-order chi connectivity index (χ1) is 10.7. The number of imidazole rings is 1.